The fourth-order valence-corrected chi connectivity index (χ4v) is 1.44. The highest BCUT2D eigenvalue weighted by Crippen LogP contribution is 2.06. The van der Waals surface area contributed by atoms with Crippen molar-refractivity contribution in [3.05, 3.63) is 30.1 Å². The molecule has 0 spiro atoms. The van der Waals surface area contributed by atoms with Gasteiger partial charge in [0.25, 0.3) is 5.91 Å². The summed E-state index contributed by atoms with van der Waals surface area (Å²) in [6, 6.07) is 2.24. The molecule has 1 amide bonds. The van der Waals surface area contributed by atoms with Gasteiger partial charge in [0.15, 0.2) is 0 Å². The number of pyridine rings is 1. The molecule has 1 rings (SSSR count). The minimum absolute atomic E-state index is 0.203. The van der Waals surface area contributed by atoms with E-state index in [4.69, 9.17) is 5.11 Å². The minimum atomic E-state index is -1.01. The van der Waals surface area contributed by atoms with E-state index in [1.54, 1.807) is 12.1 Å². The molecule has 1 atom stereocenters. The van der Waals surface area contributed by atoms with Crippen molar-refractivity contribution >= 4 is 11.9 Å². The van der Waals surface area contributed by atoms with E-state index < -0.39 is 12.0 Å². The Bertz CT molecular complexity index is 390. The molecule has 0 unspecified atom stereocenters. The van der Waals surface area contributed by atoms with E-state index in [2.05, 4.69) is 10.3 Å². The number of aromatic nitrogens is 1. The van der Waals surface area contributed by atoms with Crippen LogP contribution in [0, 0.1) is 5.92 Å². The fourth-order valence-electron chi connectivity index (χ4n) is 1.44. The van der Waals surface area contributed by atoms with Crippen LogP contribution in [-0.2, 0) is 4.79 Å². The number of aliphatic carboxylic acids is 1. The minimum Gasteiger partial charge on any atom is -0.480 e. The maximum absolute atomic E-state index is 11.7. The lowest BCUT2D eigenvalue weighted by Crippen LogP contribution is -2.41. The van der Waals surface area contributed by atoms with Gasteiger partial charge in [-0.3, -0.25) is 9.78 Å². The van der Waals surface area contributed by atoms with Crippen LogP contribution in [0.15, 0.2) is 24.5 Å². The van der Waals surface area contributed by atoms with Crippen molar-refractivity contribution in [3.63, 3.8) is 0 Å². The molecule has 92 valence electrons. The van der Waals surface area contributed by atoms with Gasteiger partial charge in [0.05, 0.1) is 0 Å². The number of carbonyl (C=O) groups excluding carboxylic acids is 1. The highest BCUT2D eigenvalue weighted by atomic mass is 16.4. The number of hydrogen-bond acceptors (Lipinski definition) is 3. The first kappa shape index (κ1) is 13.2. The molecule has 0 bridgehead atoms. The number of hydrogen-bond donors (Lipinski definition) is 2. The van der Waals surface area contributed by atoms with E-state index in [1.807, 2.05) is 13.8 Å². The molecule has 0 fully saturated rings. The summed E-state index contributed by atoms with van der Waals surface area (Å²) in [4.78, 5) is 26.5. The third kappa shape index (κ3) is 4.22. The zero-order valence-corrected chi connectivity index (χ0v) is 9.88. The second-order valence-corrected chi connectivity index (χ2v) is 4.23. The van der Waals surface area contributed by atoms with E-state index in [-0.39, 0.29) is 11.8 Å². The second-order valence-electron chi connectivity index (χ2n) is 4.23. The van der Waals surface area contributed by atoms with Crippen LogP contribution < -0.4 is 5.32 Å². The third-order valence-electron chi connectivity index (χ3n) is 2.25. The molecule has 0 saturated heterocycles. The second kappa shape index (κ2) is 5.98. The lowest BCUT2D eigenvalue weighted by molar-refractivity contribution is -0.139. The van der Waals surface area contributed by atoms with Crippen LogP contribution in [0.1, 0.15) is 30.6 Å². The molecular formula is C12H16N2O3. The molecule has 1 aromatic rings. The van der Waals surface area contributed by atoms with Crippen molar-refractivity contribution in [1.29, 1.82) is 0 Å². The van der Waals surface area contributed by atoms with Gasteiger partial charge >= 0.3 is 5.97 Å². The predicted molar refractivity (Wildman–Crippen MR) is 62.6 cm³/mol. The monoisotopic (exact) mass is 236 g/mol. The molecule has 0 aromatic carbocycles. The molecule has 17 heavy (non-hydrogen) atoms. The SMILES string of the molecule is CC(C)C[C@H](NC(=O)c1ccncc1)C(=O)O. The van der Waals surface area contributed by atoms with Crippen LogP contribution >= 0.6 is 0 Å². The van der Waals surface area contributed by atoms with Crippen LogP contribution in [0.2, 0.25) is 0 Å². The van der Waals surface area contributed by atoms with E-state index in [9.17, 15) is 9.59 Å². The summed E-state index contributed by atoms with van der Waals surface area (Å²) in [7, 11) is 0. The summed E-state index contributed by atoms with van der Waals surface area (Å²) in [5.74, 6) is -1.20. The maximum atomic E-state index is 11.7. The largest absolute Gasteiger partial charge is 0.480 e. The topological polar surface area (TPSA) is 79.3 Å². The van der Waals surface area contributed by atoms with Gasteiger partial charge < -0.3 is 10.4 Å². The lowest BCUT2D eigenvalue weighted by Gasteiger charge is -2.16. The van der Waals surface area contributed by atoms with Crippen molar-refractivity contribution in [1.82, 2.24) is 10.3 Å². The average molecular weight is 236 g/mol. The molecule has 1 aromatic heterocycles. The highest BCUT2D eigenvalue weighted by molar-refractivity contribution is 5.96. The Labute approximate surface area is 99.9 Å². The van der Waals surface area contributed by atoms with E-state index >= 15 is 0 Å². The summed E-state index contributed by atoms with van der Waals surface area (Å²) in [5, 5.41) is 11.5. The van der Waals surface area contributed by atoms with Crippen LogP contribution in [-0.4, -0.2) is 28.0 Å². The lowest BCUT2D eigenvalue weighted by atomic mass is 10.0. The zero-order valence-electron chi connectivity index (χ0n) is 9.88. The Morgan fingerprint density at radius 2 is 1.94 bits per heavy atom. The van der Waals surface area contributed by atoms with Gasteiger partial charge in [0, 0.05) is 18.0 Å². The Balaban J connectivity index is 2.68. The molecule has 0 saturated carbocycles. The summed E-state index contributed by atoms with van der Waals surface area (Å²) < 4.78 is 0. The number of carbonyl (C=O) groups is 2. The van der Waals surface area contributed by atoms with Crippen LogP contribution in [0.3, 0.4) is 0 Å². The first-order valence-electron chi connectivity index (χ1n) is 5.44. The Hall–Kier alpha value is -1.91. The van der Waals surface area contributed by atoms with Gasteiger partial charge in [-0.15, -0.1) is 0 Å². The maximum Gasteiger partial charge on any atom is 0.326 e. The molecule has 2 N–H and O–H groups in total. The smallest absolute Gasteiger partial charge is 0.326 e. The summed E-state index contributed by atoms with van der Waals surface area (Å²) in [5.41, 5.74) is 0.412. The molecule has 5 nitrogen and oxygen atoms in total. The highest BCUT2D eigenvalue weighted by Gasteiger charge is 2.21. The van der Waals surface area contributed by atoms with Crippen molar-refractivity contribution < 1.29 is 14.7 Å². The van der Waals surface area contributed by atoms with E-state index in [1.165, 1.54) is 12.4 Å². The van der Waals surface area contributed by atoms with Gasteiger partial charge in [-0.05, 0) is 24.5 Å². The van der Waals surface area contributed by atoms with Crippen molar-refractivity contribution in [2.45, 2.75) is 26.3 Å². The normalized spacial score (nSPS) is 12.2. The number of rotatable bonds is 5. The van der Waals surface area contributed by atoms with Gasteiger partial charge in [0.1, 0.15) is 6.04 Å². The molecule has 0 aliphatic carbocycles. The standard InChI is InChI=1S/C12H16N2O3/c1-8(2)7-10(12(16)17)14-11(15)9-3-5-13-6-4-9/h3-6,8,10H,7H2,1-2H3,(H,14,15)(H,16,17)/t10-/m0/s1. The Morgan fingerprint density at radius 1 is 1.35 bits per heavy atom. The third-order valence-corrected chi connectivity index (χ3v) is 2.25. The van der Waals surface area contributed by atoms with Gasteiger partial charge in [-0.1, -0.05) is 13.8 Å². The van der Waals surface area contributed by atoms with Gasteiger partial charge in [0.2, 0.25) is 0 Å². The first-order chi connectivity index (χ1) is 8.00. The van der Waals surface area contributed by atoms with Gasteiger partial charge in [-0.25, -0.2) is 4.79 Å². The fraction of sp³-hybridized carbons (Fsp3) is 0.417. The molecular weight excluding hydrogens is 220 g/mol. The van der Waals surface area contributed by atoms with Crippen molar-refractivity contribution in [3.8, 4) is 0 Å². The van der Waals surface area contributed by atoms with E-state index in [0.717, 1.165) is 0 Å². The number of carboxylic acid groups (broad SMARTS) is 1. The molecule has 0 radical (unpaired) electrons. The molecule has 5 heteroatoms. The average Bonchev–Trinajstić information content (AvgIpc) is 2.28. The number of nitrogens with one attached hydrogen (secondary N) is 1. The number of amides is 1. The molecule has 0 aliphatic heterocycles. The van der Waals surface area contributed by atoms with Crippen LogP contribution in [0.4, 0.5) is 0 Å². The Morgan fingerprint density at radius 3 is 2.41 bits per heavy atom. The van der Waals surface area contributed by atoms with Crippen LogP contribution in [0.5, 0.6) is 0 Å². The van der Waals surface area contributed by atoms with Gasteiger partial charge in [-0.2, -0.15) is 0 Å². The Kier molecular flexibility index (Phi) is 4.63. The quantitative estimate of drug-likeness (QED) is 0.807. The summed E-state index contributed by atoms with van der Waals surface area (Å²) >= 11 is 0. The van der Waals surface area contributed by atoms with Crippen molar-refractivity contribution in [2.24, 2.45) is 5.92 Å². The summed E-state index contributed by atoms with van der Waals surface area (Å²) in [6.07, 6.45) is 3.40. The van der Waals surface area contributed by atoms with Crippen LogP contribution in [0.25, 0.3) is 0 Å². The zero-order chi connectivity index (χ0) is 12.8. The molecule has 1 heterocycles. The first-order valence-corrected chi connectivity index (χ1v) is 5.44. The van der Waals surface area contributed by atoms with E-state index in [0.29, 0.717) is 12.0 Å². The van der Waals surface area contributed by atoms with Crippen molar-refractivity contribution in [2.75, 3.05) is 0 Å². The number of nitrogens with zero attached hydrogens (tertiary/aromatic N) is 1. The number of carboxylic acids is 1. The summed E-state index contributed by atoms with van der Waals surface area (Å²) in [6.45, 7) is 3.82. The predicted octanol–water partition coefficient (Wildman–Crippen LogP) is 1.31. The molecule has 0 aliphatic rings.